The fourth-order valence-corrected chi connectivity index (χ4v) is 6.02. The van der Waals surface area contributed by atoms with Crippen molar-refractivity contribution in [2.75, 3.05) is 26.4 Å². The third-order valence-electron chi connectivity index (χ3n) is 8.44. The van der Waals surface area contributed by atoms with Crippen LogP contribution >= 0.6 is 7.82 Å². The first-order valence-corrected chi connectivity index (χ1v) is 22.2. The first-order chi connectivity index (χ1) is 26.5. The molecule has 12 heteroatoms. The quantitative estimate of drug-likeness (QED) is 0.0155. The van der Waals surface area contributed by atoms with E-state index in [9.17, 15) is 29.3 Å². The summed E-state index contributed by atoms with van der Waals surface area (Å²) in [5.41, 5.74) is 0. The Labute approximate surface area is 332 Å². The summed E-state index contributed by atoms with van der Waals surface area (Å²) >= 11 is 0. The number of hydrogen-bond acceptors (Lipinski definition) is 10. The van der Waals surface area contributed by atoms with Gasteiger partial charge in [0.25, 0.3) is 0 Å². The van der Waals surface area contributed by atoms with Gasteiger partial charge in [0.1, 0.15) is 12.7 Å². The van der Waals surface area contributed by atoms with Crippen LogP contribution in [0.15, 0.2) is 60.8 Å². The molecule has 0 aliphatic rings. The molecule has 11 nitrogen and oxygen atoms in total. The summed E-state index contributed by atoms with van der Waals surface area (Å²) < 4.78 is 32.6. The van der Waals surface area contributed by atoms with Crippen LogP contribution in [0, 0.1) is 5.92 Å². The lowest BCUT2D eigenvalue weighted by Crippen LogP contribution is -2.29. The molecular weight excluding hydrogens is 723 g/mol. The maximum Gasteiger partial charge on any atom is 0.472 e. The van der Waals surface area contributed by atoms with Gasteiger partial charge in [-0.25, -0.2) is 4.57 Å². The van der Waals surface area contributed by atoms with E-state index in [4.69, 9.17) is 19.1 Å². The Bertz CT molecular complexity index is 1130. The molecule has 0 rings (SSSR count). The van der Waals surface area contributed by atoms with Crippen LogP contribution in [-0.2, 0) is 32.7 Å². The first-order valence-electron chi connectivity index (χ1n) is 20.7. The summed E-state index contributed by atoms with van der Waals surface area (Å²) in [5.74, 6) is -0.232. The molecule has 0 aromatic rings. The number of allylic oxidation sites excluding steroid dienone is 8. The van der Waals surface area contributed by atoms with Gasteiger partial charge in [-0.2, -0.15) is 0 Å². The molecular formula is C43H75O11P. The number of esters is 2. The summed E-state index contributed by atoms with van der Waals surface area (Å²) in [6.45, 7) is 4.36. The predicted octanol–water partition coefficient (Wildman–Crippen LogP) is 9.55. The van der Waals surface area contributed by atoms with Crippen molar-refractivity contribution < 1.29 is 52.9 Å². The van der Waals surface area contributed by atoms with E-state index in [1.807, 2.05) is 49.5 Å². The third-order valence-corrected chi connectivity index (χ3v) is 9.39. The zero-order chi connectivity index (χ0) is 40.8. The van der Waals surface area contributed by atoms with E-state index in [0.29, 0.717) is 25.7 Å². The first kappa shape index (κ1) is 52.6. The van der Waals surface area contributed by atoms with E-state index >= 15 is 0 Å². The van der Waals surface area contributed by atoms with Gasteiger partial charge in [0.15, 0.2) is 6.10 Å². The Morgan fingerprint density at radius 2 is 1.24 bits per heavy atom. The molecule has 0 radical (unpaired) electrons. The molecule has 0 heterocycles. The molecule has 0 aliphatic heterocycles. The lowest BCUT2D eigenvalue weighted by Gasteiger charge is -2.20. The zero-order valence-corrected chi connectivity index (χ0v) is 35.0. The van der Waals surface area contributed by atoms with E-state index < -0.39 is 57.9 Å². The van der Waals surface area contributed by atoms with Gasteiger partial charge in [0.2, 0.25) is 0 Å². The molecule has 0 fully saturated rings. The van der Waals surface area contributed by atoms with Crippen molar-refractivity contribution in [2.24, 2.45) is 5.92 Å². The highest BCUT2D eigenvalue weighted by molar-refractivity contribution is 7.47. The third kappa shape index (κ3) is 38.3. The number of unbranched alkanes of at least 4 members (excludes halogenated alkanes) is 11. The number of hydrogen-bond donors (Lipinski definition) is 4. The molecule has 0 amide bonds. The number of carbonyl (C=O) groups excluding carboxylic acids is 2. The van der Waals surface area contributed by atoms with Crippen molar-refractivity contribution in [1.29, 1.82) is 0 Å². The number of carbonyl (C=O) groups is 2. The normalized spacial score (nSPS) is 15.2. The van der Waals surface area contributed by atoms with Gasteiger partial charge in [0, 0.05) is 12.8 Å². The standard InChI is InChI=1S/C43H75O11P/c1-4-5-30-39(45)31-26-22-18-14-10-6-7-11-15-19-23-27-32-42(47)51-36-41(37-53-55(49,50)52-35-40(46)34-44)54-43(48)33-28-24-20-16-12-8-9-13-17-21-25-29-38(2)3/h5-7,14-15,18-19,22,26,30,38-41,44-46H,4,8-13,16-17,20-21,23-25,27-29,31-37H2,1-3H3,(H,49,50)/b7-6-,18-14-,19-15-,26-22+,30-5-/t39?,40-,41+/m0/s1. The van der Waals surface area contributed by atoms with Crippen LogP contribution in [0.3, 0.4) is 0 Å². The van der Waals surface area contributed by atoms with Gasteiger partial charge in [-0.05, 0) is 50.9 Å². The molecule has 0 saturated heterocycles. The highest BCUT2D eigenvalue weighted by Gasteiger charge is 2.27. The van der Waals surface area contributed by atoms with Gasteiger partial charge in [0.05, 0.1) is 25.9 Å². The molecule has 0 bridgehead atoms. The number of aliphatic hydroxyl groups excluding tert-OH is 3. The minimum Gasteiger partial charge on any atom is -0.462 e. The molecule has 55 heavy (non-hydrogen) atoms. The van der Waals surface area contributed by atoms with Crippen molar-refractivity contribution in [3.05, 3.63) is 60.8 Å². The Hall–Kier alpha value is -2.37. The lowest BCUT2D eigenvalue weighted by molar-refractivity contribution is -0.161. The van der Waals surface area contributed by atoms with E-state index in [1.54, 1.807) is 6.08 Å². The minimum absolute atomic E-state index is 0.144. The van der Waals surface area contributed by atoms with Gasteiger partial charge in [-0.15, -0.1) is 0 Å². The number of phosphoric ester groups is 1. The second kappa shape index (κ2) is 37.2. The molecule has 0 saturated carbocycles. The Balaban J connectivity index is 4.45. The molecule has 0 aromatic heterocycles. The van der Waals surface area contributed by atoms with Crippen molar-refractivity contribution in [2.45, 2.75) is 167 Å². The van der Waals surface area contributed by atoms with E-state index in [0.717, 1.165) is 44.4 Å². The molecule has 0 aliphatic carbocycles. The maximum atomic E-state index is 12.6. The summed E-state index contributed by atoms with van der Waals surface area (Å²) in [7, 11) is -4.64. The topological polar surface area (TPSA) is 169 Å². The average molecular weight is 799 g/mol. The van der Waals surface area contributed by atoms with E-state index in [-0.39, 0.29) is 19.4 Å². The molecule has 4 atom stereocenters. The summed E-state index contributed by atoms with van der Waals surface area (Å²) in [6, 6.07) is 0. The zero-order valence-electron chi connectivity index (χ0n) is 34.1. The van der Waals surface area contributed by atoms with Crippen LogP contribution < -0.4 is 0 Å². The van der Waals surface area contributed by atoms with Crippen LogP contribution in [0.5, 0.6) is 0 Å². The van der Waals surface area contributed by atoms with Crippen molar-refractivity contribution in [3.63, 3.8) is 0 Å². The van der Waals surface area contributed by atoms with Crippen LogP contribution in [0.2, 0.25) is 0 Å². The second-order valence-electron chi connectivity index (χ2n) is 14.3. The monoisotopic (exact) mass is 799 g/mol. The number of rotatable bonds is 37. The van der Waals surface area contributed by atoms with Crippen molar-refractivity contribution >= 4 is 19.8 Å². The van der Waals surface area contributed by atoms with Crippen LogP contribution in [-0.4, -0.2) is 76.9 Å². The molecule has 0 aromatic carbocycles. The van der Waals surface area contributed by atoms with Gasteiger partial charge in [-0.3, -0.25) is 18.6 Å². The summed E-state index contributed by atoms with van der Waals surface area (Å²) in [6.07, 6.45) is 35.4. The fourth-order valence-electron chi connectivity index (χ4n) is 5.23. The highest BCUT2D eigenvalue weighted by atomic mass is 31.2. The largest absolute Gasteiger partial charge is 0.472 e. The number of aliphatic hydroxyl groups is 3. The van der Waals surface area contributed by atoms with Gasteiger partial charge < -0.3 is 29.7 Å². The highest BCUT2D eigenvalue weighted by Crippen LogP contribution is 2.43. The Morgan fingerprint density at radius 1 is 0.673 bits per heavy atom. The van der Waals surface area contributed by atoms with Crippen LogP contribution in [0.4, 0.5) is 0 Å². The number of ether oxygens (including phenoxy) is 2. The van der Waals surface area contributed by atoms with Crippen LogP contribution in [0.1, 0.15) is 149 Å². The smallest absolute Gasteiger partial charge is 0.462 e. The molecule has 318 valence electrons. The Kier molecular flexibility index (Phi) is 35.6. The average Bonchev–Trinajstić information content (AvgIpc) is 3.15. The minimum atomic E-state index is -4.64. The Morgan fingerprint density at radius 3 is 1.87 bits per heavy atom. The second-order valence-corrected chi connectivity index (χ2v) is 15.8. The molecule has 4 N–H and O–H groups in total. The maximum absolute atomic E-state index is 12.6. The van der Waals surface area contributed by atoms with E-state index in [1.165, 1.54) is 51.4 Å². The predicted molar refractivity (Wildman–Crippen MR) is 220 cm³/mol. The lowest BCUT2D eigenvalue weighted by atomic mass is 10.0. The molecule has 2 unspecified atom stereocenters. The summed E-state index contributed by atoms with van der Waals surface area (Å²) in [4.78, 5) is 34.9. The van der Waals surface area contributed by atoms with Crippen molar-refractivity contribution in [1.82, 2.24) is 0 Å². The van der Waals surface area contributed by atoms with Crippen LogP contribution in [0.25, 0.3) is 0 Å². The number of phosphoric acid groups is 1. The van der Waals surface area contributed by atoms with Crippen molar-refractivity contribution in [3.8, 4) is 0 Å². The SMILES string of the molecule is CC/C=C\C(O)C/C=C/C=C\C/C=C\C/C=C\CCCC(=O)OC[C@H](COP(=O)(O)OC[C@@H](O)CO)OC(=O)CCCCCCCCCCCCCC(C)C. The summed E-state index contributed by atoms with van der Waals surface area (Å²) in [5, 5.41) is 28.1. The van der Waals surface area contributed by atoms with Gasteiger partial charge in [-0.1, -0.05) is 152 Å². The fraction of sp³-hybridized carbons (Fsp3) is 0.721. The van der Waals surface area contributed by atoms with E-state index in [2.05, 4.69) is 30.5 Å². The van der Waals surface area contributed by atoms with Gasteiger partial charge >= 0.3 is 19.8 Å². The molecule has 0 spiro atoms.